The molecule has 1 heterocycles. The quantitative estimate of drug-likeness (QED) is 0.866. The zero-order chi connectivity index (χ0) is 16.1. The molecule has 1 aliphatic heterocycles. The second kappa shape index (κ2) is 5.10. The number of primary amides is 1. The van der Waals surface area contributed by atoms with Crippen LogP contribution in [0.5, 0.6) is 0 Å². The van der Waals surface area contributed by atoms with Crippen LogP contribution in [-0.2, 0) is 15.7 Å². The minimum absolute atomic E-state index is 0.364. The third-order valence-corrected chi connectivity index (χ3v) is 5.13. The summed E-state index contributed by atoms with van der Waals surface area (Å²) < 4.78 is 12.2. The van der Waals surface area contributed by atoms with Gasteiger partial charge in [-0.25, -0.2) is 0 Å². The van der Waals surface area contributed by atoms with E-state index >= 15 is 0 Å². The highest BCUT2D eigenvalue weighted by molar-refractivity contribution is 6.62. The molecule has 5 heteroatoms. The van der Waals surface area contributed by atoms with E-state index in [-0.39, 0.29) is 17.1 Å². The molecule has 1 saturated heterocycles. The van der Waals surface area contributed by atoms with Crippen molar-refractivity contribution in [2.75, 3.05) is 0 Å². The Morgan fingerprint density at radius 3 is 2.32 bits per heavy atom. The average Bonchev–Trinajstić information content (AvgIpc) is 3.17. The molecule has 2 fully saturated rings. The van der Waals surface area contributed by atoms with Gasteiger partial charge in [0.25, 0.3) is 0 Å². The van der Waals surface area contributed by atoms with E-state index in [2.05, 4.69) is 0 Å². The monoisotopic (exact) mass is 301 g/mol. The molecule has 0 unspecified atom stereocenters. The van der Waals surface area contributed by atoms with E-state index in [9.17, 15) is 4.79 Å². The fourth-order valence-electron chi connectivity index (χ4n) is 2.78. The predicted molar refractivity (Wildman–Crippen MR) is 87.1 cm³/mol. The predicted octanol–water partition coefficient (Wildman–Crippen LogP) is 2.04. The molecule has 0 radical (unpaired) electrons. The van der Waals surface area contributed by atoms with E-state index in [0.29, 0.717) is 11.5 Å². The number of amides is 1. The van der Waals surface area contributed by atoms with Crippen molar-refractivity contribution < 1.29 is 14.1 Å². The van der Waals surface area contributed by atoms with Crippen LogP contribution in [0, 0.1) is 5.92 Å². The van der Waals surface area contributed by atoms with Crippen LogP contribution >= 0.6 is 0 Å². The fraction of sp³-hybridized carbons (Fsp3) is 0.588. The van der Waals surface area contributed by atoms with Crippen LogP contribution in [-0.4, -0.2) is 24.2 Å². The molecule has 0 bridgehead atoms. The topological polar surface area (TPSA) is 61.5 Å². The molecule has 0 atom stereocenters. The summed E-state index contributed by atoms with van der Waals surface area (Å²) in [6.07, 6.45) is 3.38. The molecule has 1 aromatic rings. The van der Waals surface area contributed by atoms with Gasteiger partial charge >= 0.3 is 7.12 Å². The number of benzene rings is 1. The van der Waals surface area contributed by atoms with Gasteiger partial charge in [-0.05, 0) is 70.0 Å². The number of rotatable bonds is 4. The molecule has 3 rings (SSSR count). The molecule has 0 spiro atoms. The first-order valence-corrected chi connectivity index (χ1v) is 7.98. The maximum Gasteiger partial charge on any atom is 0.494 e. The first-order chi connectivity index (χ1) is 10.2. The van der Waals surface area contributed by atoms with Crippen molar-refractivity contribution in [2.45, 2.75) is 58.2 Å². The van der Waals surface area contributed by atoms with Gasteiger partial charge in [-0.3, -0.25) is 4.79 Å². The summed E-state index contributed by atoms with van der Waals surface area (Å²) in [7, 11) is -0.398. The standard InChI is InChI=1S/C17H24BNO3/c1-16(2)17(3,4)22-18(21-16)13-7-8-14(15(19)20)12(10-13)9-11-5-6-11/h7-8,10-11H,5-6,9H2,1-4H3,(H2,19,20). The minimum atomic E-state index is -0.398. The Balaban J connectivity index is 1.90. The Morgan fingerprint density at radius 2 is 1.82 bits per heavy atom. The highest BCUT2D eigenvalue weighted by Gasteiger charge is 2.51. The molecule has 1 amide bonds. The van der Waals surface area contributed by atoms with Crippen LogP contribution in [0.3, 0.4) is 0 Å². The molecule has 2 N–H and O–H groups in total. The highest BCUT2D eigenvalue weighted by Crippen LogP contribution is 2.37. The summed E-state index contributed by atoms with van der Waals surface area (Å²) in [5, 5.41) is 0. The van der Waals surface area contributed by atoms with Crippen molar-refractivity contribution in [3.63, 3.8) is 0 Å². The van der Waals surface area contributed by atoms with Crippen LogP contribution in [0.15, 0.2) is 18.2 Å². The summed E-state index contributed by atoms with van der Waals surface area (Å²) in [4.78, 5) is 11.6. The Kier molecular flexibility index (Phi) is 3.61. The first kappa shape index (κ1) is 15.6. The molecule has 118 valence electrons. The van der Waals surface area contributed by atoms with Crippen LogP contribution in [0.25, 0.3) is 0 Å². The summed E-state index contributed by atoms with van der Waals surface area (Å²) in [6, 6.07) is 5.72. The van der Waals surface area contributed by atoms with Crippen molar-refractivity contribution in [1.29, 1.82) is 0 Å². The van der Waals surface area contributed by atoms with Gasteiger partial charge in [-0.1, -0.05) is 12.1 Å². The van der Waals surface area contributed by atoms with Crippen LogP contribution in [0.2, 0.25) is 0 Å². The van der Waals surface area contributed by atoms with E-state index in [1.54, 1.807) is 6.07 Å². The number of carbonyl (C=O) groups excluding carboxylic acids is 1. The molecule has 1 aromatic carbocycles. The number of carbonyl (C=O) groups is 1. The number of hydrogen-bond acceptors (Lipinski definition) is 3. The fourth-order valence-corrected chi connectivity index (χ4v) is 2.78. The Morgan fingerprint density at radius 1 is 1.23 bits per heavy atom. The SMILES string of the molecule is CC1(C)OB(c2ccc(C(N)=O)c(CC3CC3)c2)OC1(C)C. The molecular weight excluding hydrogens is 277 g/mol. The van der Waals surface area contributed by atoms with Gasteiger partial charge in [0.05, 0.1) is 11.2 Å². The van der Waals surface area contributed by atoms with Gasteiger partial charge in [-0.2, -0.15) is 0 Å². The molecule has 1 aliphatic carbocycles. The van der Waals surface area contributed by atoms with Crippen molar-refractivity contribution in [3.8, 4) is 0 Å². The smallest absolute Gasteiger partial charge is 0.399 e. The lowest BCUT2D eigenvalue weighted by molar-refractivity contribution is 0.00578. The Labute approximate surface area is 132 Å². The van der Waals surface area contributed by atoms with E-state index in [0.717, 1.165) is 17.4 Å². The van der Waals surface area contributed by atoms with Gasteiger partial charge in [0.1, 0.15) is 0 Å². The second-order valence-electron chi connectivity index (χ2n) is 7.52. The summed E-state index contributed by atoms with van der Waals surface area (Å²) in [5.74, 6) is 0.322. The average molecular weight is 301 g/mol. The third kappa shape index (κ3) is 2.80. The van der Waals surface area contributed by atoms with Gasteiger partial charge in [-0.15, -0.1) is 0 Å². The van der Waals surface area contributed by atoms with Crippen LogP contribution in [0.1, 0.15) is 56.5 Å². The molecule has 2 aliphatic rings. The van der Waals surface area contributed by atoms with Crippen molar-refractivity contribution in [3.05, 3.63) is 29.3 Å². The van der Waals surface area contributed by atoms with Crippen molar-refractivity contribution >= 4 is 18.5 Å². The second-order valence-corrected chi connectivity index (χ2v) is 7.52. The third-order valence-electron chi connectivity index (χ3n) is 5.13. The van der Waals surface area contributed by atoms with Gasteiger partial charge in [0.15, 0.2) is 0 Å². The zero-order valence-electron chi connectivity index (χ0n) is 13.8. The van der Waals surface area contributed by atoms with Gasteiger partial charge < -0.3 is 15.0 Å². The van der Waals surface area contributed by atoms with E-state index < -0.39 is 7.12 Å². The van der Waals surface area contributed by atoms with Crippen LogP contribution < -0.4 is 11.2 Å². The lowest BCUT2D eigenvalue weighted by Crippen LogP contribution is -2.41. The van der Waals surface area contributed by atoms with Crippen molar-refractivity contribution in [2.24, 2.45) is 11.7 Å². The minimum Gasteiger partial charge on any atom is -0.399 e. The maximum atomic E-state index is 11.6. The number of hydrogen-bond donors (Lipinski definition) is 1. The molecule has 4 nitrogen and oxygen atoms in total. The van der Waals surface area contributed by atoms with Crippen LogP contribution in [0.4, 0.5) is 0 Å². The lowest BCUT2D eigenvalue weighted by atomic mass is 9.77. The van der Waals surface area contributed by atoms with Crippen molar-refractivity contribution in [1.82, 2.24) is 0 Å². The largest absolute Gasteiger partial charge is 0.494 e. The Bertz CT molecular complexity index is 592. The van der Waals surface area contributed by atoms with Gasteiger partial charge in [0.2, 0.25) is 5.91 Å². The lowest BCUT2D eigenvalue weighted by Gasteiger charge is -2.32. The number of nitrogens with two attached hydrogens (primary N) is 1. The summed E-state index contributed by atoms with van der Waals surface area (Å²) in [6.45, 7) is 8.15. The molecule has 1 saturated carbocycles. The van der Waals surface area contributed by atoms with Gasteiger partial charge in [0, 0.05) is 5.56 Å². The molecule has 0 aromatic heterocycles. The highest BCUT2D eigenvalue weighted by atomic mass is 16.7. The van der Waals surface area contributed by atoms with E-state index in [1.807, 2.05) is 39.8 Å². The normalized spacial score (nSPS) is 22.8. The maximum absolute atomic E-state index is 11.6. The summed E-state index contributed by atoms with van der Waals surface area (Å²) in [5.41, 5.74) is 7.36. The zero-order valence-corrected chi connectivity index (χ0v) is 13.8. The summed E-state index contributed by atoms with van der Waals surface area (Å²) >= 11 is 0. The first-order valence-electron chi connectivity index (χ1n) is 7.98. The Hall–Kier alpha value is -1.33. The van der Waals surface area contributed by atoms with E-state index in [1.165, 1.54) is 12.8 Å². The molecular formula is C17H24BNO3. The molecule has 22 heavy (non-hydrogen) atoms. The van der Waals surface area contributed by atoms with E-state index in [4.69, 9.17) is 15.0 Å².